The van der Waals surface area contributed by atoms with Gasteiger partial charge in [-0.25, -0.2) is 4.79 Å². The van der Waals surface area contributed by atoms with Crippen molar-refractivity contribution < 1.29 is 19.2 Å². The largest absolute Gasteiger partial charge is 0.461 e. The van der Waals surface area contributed by atoms with Crippen LogP contribution in [0.2, 0.25) is 0 Å². The molecule has 1 aromatic carbocycles. The molecule has 0 N–H and O–H groups in total. The number of benzene rings is 1. The van der Waals surface area contributed by atoms with Crippen molar-refractivity contribution in [2.45, 2.75) is 33.6 Å². The number of nitro benzene ring substituents is 1. The monoisotopic (exact) mass is 333 g/mol. The van der Waals surface area contributed by atoms with E-state index in [0.717, 1.165) is 12.8 Å². The SMILES string of the molecule is CC(C)[C@H]1CC[C@@H](C)[C@@H](COC(=O)c2ccc([N+](=O)[O-])cc2)C1=O. The van der Waals surface area contributed by atoms with E-state index in [9.17, 15) is 19.7 Å². The lowest BCUT2D eigenvalue weighted by molar-refractivity contribution is -0.384. The van der Waals surface area contributed by atoms with Crippen molar-refractivity contribution >= 4 is 17.4 Å². The van der Waals surface area contributed by atoms with E-state index >= 15 is 0 Å². The molecule has 1 aromatic rings. The summed E-state index contributed by atoms with van der Waals surface area (Å²) in [4.78, 5) is 34.8. The Kier molecular flexibility index (Phi) is 5.70. The summed E-state index contributed by atoms with van der Waals surface area (Å²) in [6, 6.07) is 5.26. The molecule has 1 aliphatic carbocycles. The predicted octanol–water partition coefficient (Wildman–Crippen LogP) is 3.64. The first kappa shape index (κ1) is 18.1. The maximum Gasteiger partial charge on any atom is 0.338 e. The zero-order valence-corrected chi connectivity index (χ0v) is 14.2. The van der Waals surface area contributed by atoms with Crippen LogP contribution in [0.4, 0.5) is 5.69 Å². The minimum atomic E-state index is -0.559. The van der Waals surface area contributed by atoms with Crippen molar-refractivity contribution in [2.75, 3.05) is 6.61 Å². The lowest BCUT2D eigenvalue weighted by atomic mass is 9.70. The Hall–Kier alpha value is -2.24. The number of carbonyl (C=O) groups is 2. The van der Waals surface area contributed by atoms with Crippen molar-refractivity contribution in [3.63, 3.8) is 0 Å². The van der Waals surface area contributed by atoms with Crippen molar-refractivity contribution in [1.29, 1.82) is 0 Å². The summed E-state index contributed by atoms with van der Waals surface area (Å²) in [6.45, 7) is 6.16. The molecule has 1 saturated carbocycles. The van der Waals surface area contributed by atoms with E-state index in [2.05, 4.69) is 0 Å². The first-order valence-corrected chi connectivity index (χ1v) is 8.26. The smallest absolute Gasteiger partial charge is 0.338 e. The fourth-order valence-electron chi connectivity index (χ4n) is 3.22. The number of non-ortho nitro benzene ring substituents is 1. The zero-order valence-electron chi connectivity index (χ0n) is 14.2. The molecular weight excluding hydrogens is 310 g/mol. The Morgan fingerprint density at radius 2 is 1.92 bits per heavy atom. The number of nitro groups is 1. The molecule has 0 amide bonds. The quantitative estimate of drug-likeness (QED) is 0.466. The van der Waals surface area contributed by atoms with Crippen LogP contribution in [0, 0.1) is 33.8 Å². The number of carbonyl (C=O) groups excluding carboxylic acids is 2. The van der Waals surface area contributed by atoms with Gasteiger partial charge in [-0.3, -0.25) is 14.9 Å². The molecule has 0 aliphatic heterocycles. The van der Waals surface area contributed by atoms with Gasteiger partial charge in [0, 0.05) is 18.1 Å². The average Bonchev–Trinajstić information content (AvgIpc) is 2.54. The first-order valence-electron chi connectivity index (χ1n) is 8.26. The Morgan fingerprint density at radius 3 is 2.46 bits per heavy atom. The third-order valence-electron chi connectivity index (χ3n) is 4.86. The number of ether oxygens (including phenoxy) is 1. The van der Waals surface area contributed by atoms with Crippen LogP contribution < -0.4 is 0 Å². The second-order valence-electron chi connectivity index (χ2n) is 6.82. The summed E-state index contributed by atoms with van der Waals surface area (Å²) >= 11 is 0. The van der Waals surface area contributed by atoms with Gasteiger partial charge in [-0.05, 0) is 36.8 Å². The van der Waals surface area contributed by atoms with Gasteiger partial charge in [0.05, 0.1) is 16.4 Å². The van der Waals surface area contributed by atoms with E-state index in [0.29, 0.717) is 0 Å². The Bertz CT molecular complexity index is 623. The number of ketones is 1. The maximum atomic E-state index is 12.6. The standard InChI is InChI=1S/C18H23NO5/c1-11(2)15-9-4-12(3)16(17(15)20)10-24-18(21)13-5-7-14(8-6-13)19(22)23/h5-8,11-12,15-16H,4,9-10H2,1-3H3/t12-,15-,16-/m1/s1. The number of hydrogen-bond acceptors (Lipinski definition) is 5. The van der Waals surface area contributed by atoms with Gasteiger partial charge < -0.3 is 4.74 Å². The van der Waals surface area contributed by atoms with Gasteiger partial charge in [-0.2, -0.15) is 0 Å². The highest BCUT2D eigenvalue weighted by Crippen LogP contribution is 2.34. The second kappa shape index (κ2) is 7.55. The minimum absolute atomic E-state index is 0.0317. The highest BCUT2D eigenvalue weighted by atomic mass is 16.6. The molecule has 3 atom stereocenters. The Morgan fingerprint density at radius 1 is 1.29 bits per heavy atom. The fourth-order valence-corrected chi connectivity index (χ4v) is 3.22. The summed E-state index contributed by atoms with van der Waals surface area (Å²) in [5.41, 5.74) is 0.166. The summed E-state index contributed by atoms with van der Waals surface area (Å²) in [5, 5.41) is 10.6. The first-order chi connectivity index (χ1) is 11.3. The normalized spacial score (nSPS) is 24.0. The van der Waals surface area contributed by atoms with Gasteiger partial charge in [0.25, 0.3) is 5.69 Å². The molecule has 0 saturated heterocycles. The molecule has 2 rings (SSSR count). The molecular formula is C18H23NO5. The highest BCUT2D eigenvalue weighted by molar-refractivity contribution is 5.90. The van der Waals surface area contributed by atoms with Crippen molar-refractivity contribution in [3.8, 4) is 0 Å². The Balaban J connectivity index is 1.99. The lowest BCUT2D eigenvalue weighted by Gasteiger charge is -2.34. The van der Waals surface area contributed by atoms with Gasteiger partial charge in [0.2, 0.25) is 0 Å². The molecule has 6 nitrogen and oxygen atoms in total. The molecule has 6 heteroatoms. The highest BCUT2D eigenvalue weighted by Gasteiger charge is 2.37. The van der Waals surface area contributed by atoms with Crippen molar-refractivity contribution in [3.05, 3.63) is 39.9 Å². The summed E-state index contributed by atoms with van der Waals surface area (Å²) in [5.74, 6) is -0.135. The van der Waals surface area contributed by atoms with Crippen LogP contribution >= 0.6 is 0 Å². The number of Topliss-reactive ketones (excluding diaryl/α,β-unsaturated/α-hetero) is 1. The molecule has 0 bridgehead atoms. The van der Waals surface area contributed by atoms with E-state index in [1.807, 2.05) is 20.8 Å². The summed E-state index contributed by atoms with van der Waals surface area (Å²) < 4.78 is 5.31. The molecule has 1 fully saturated rings. The number of esters is 1. The van der Waals surface area contributed by atoms with Crippen LogP contribution in [-0.2, 0) is 9.53 Å². The lowest BCUT2D eigenvalue weighted by Crippen LogP contribution is -2.39. The van der Waals surface area contributed by atoms with Crippen LogP contribution in [0.1, 0.15) is 44.0 Å². The van der Waals surface area contributed by atoms with Gasteiger partial charge in [-0.1, -0.05) is 20.8 Å². The molecule has 130 valence electrons. The second-order valence-corrected chi connectivity index (χ2v) is 6.82. The molecule has 0 unspecified atom stereocenters. The minimum Gasteiger partial charge on any atom is -0.461 e. The van der Waals surface area contributed by atoms with Crippen LogP contribution in [-0.4, -0.2) is 23.3 Å². The number of nitrogens with zero attached hydrogens (tertiary/aromatic N) is 1. The van der Waals surface area contributed by atoms with Crippen LogP contribution in [0.3, 0.4) is 0 Å². The van der Waals surface area contributed by atoms with Crippen LogP contribution in [0.5, 0.6) is 0 Å². The van der Waals surface area contributed by atoms with E-state index in [-0.39, 0.29) is 47.3 Å². The molecule has 0 spiro atoms. The molecule has 1 aliphatic rings. The van der Waals surface area contributed by atoms with Crippen molar-refractivity contribution in [1.82, 2.24) is 0 Å². The van der Waals surface area contributed by atoms with E-state index in [1.165, 1.54) is 24.3 Å². The third-order valence-corrected chi connectivity index (χ3v) is 4.86. The van der Waals surface area contributed by atoms with Crippen LogP contribution in [0.25, 0.3) is 0 Å². The van der Waals surface area contributed by atoms with E-state index in [4.69, 9.17) is 4.74 Å². The topological polar surface area (TPSA) is 86.5 Å². The van der Waals surface area contributed by atoms with Crippen LogP contribution in [0.15, 0.2) is 24.3 Å². The summed E-state index contributed by atoms with van der Waals surface area (Å²) in [7, 11) is 0. The van der Waals surface area contributed by atoms with Gasteiger partial charge in [-0.15, -0.1) is 0 Å². The molecule has 0 aromatic heterocycles. The maximum absolute atomic E-state index is 12.6. The summed E-state index contributed by atoms with van der Waals surface area (Å²) in [6.07, 6.45) is 1.85. The molecule has 0 heterocycles. The van der Waals surface area contributed by atoms with E-state index in [1.54, 1.807) is 0 Å². The van der Waals surface area contributed by atoms with Crippen molar-refractivity contribution in [2.24, 2.45) is 23.7 Å². The zero-order chi connectivity index (χ0) is 17.9. The third kappa shape index (κ3) is 3.99. The predicted molar refractivity (Wildman–Crippen MR) is 88.6 cm³/mol. The van der Waals surface area contributed by atoms with Gasteiger partial charge in [0.1, 0.15) is 12.4 Å². The Labute approximate surface area is 141 Å². The number of rotatable bonds is 5. The molecule has 24 heavy (non-hydrogen) atoms. The number of hydrogen-bond donors (Lipinski definition) is 0. The molecule has 0 radical (unpaired) electrons. The van der Waals surface area contributed by atoms with E-state index < -0.39 is 10.9 Å². The fraction of sp³-hybridized carbons (Fsp3) is 0.556. The van der Waals surface area contributed by atoms with Gasteiger partial charge >= 0.3 is 5.97 Å². The average molecular weight is 333 g/mol. The van der Waals surface area contributed by atoms with Gasteiger partial charge in [0.15, 0.2) is 0 Å².